The molecule has 0 radical (unpaired) electrons. The first-order valence-electron chi connectivity index (χ1n) is 4.66. The summed E-state index contributed by atoms with van der Waals surface area (Å²) in [6, 6.07) is 0. The maximum absolute atomic E-state index is 8.94. The summed E-state index contributed by atoms with van der Waals surface area (Å²) in [6.45, 7) is 3.26. The van der Waals surface area contributed by atoms with E-state index in [0.29, 0.717) is 12.5 Å². The van der Waals surface area contributed by atoms with Gasteiger partial charge in [0.1, 0.15) is 0 Å². The lowest BCUT2D eigenvalue weighted by atomic mass is 9.98. The monoisotopic (exact) mass is 159 g/mol. The molecule has 0 saturated carbocycles. The predicted molar refractivity (Wildman–Crippen MR) is 48.4 cm³/mol. The number of hydrogen-bond donors (Lipinski definition) is 2. The van der Waals surface area contributed by atoms with Crippen molar-refractivity contribution in [3.8, 4) is 0 Å². The molecule has 0 bridgehead atoms. The Morgan fingerprint density at radius 3 is 2.36 bits per heavy atom. The van der Waals surface area contributed by atoms with Crippen LogP contribution in [0.5, 0.6) is 0 Å². The van der Waals surface area contributed by atoms with Gasteiger partial charge in [0.15, 0.2) is 0 Å². The minimum Gasteiger partial charge on any atom is -0.396 e. The van der Waals surface area contributed by atoms with Gasteiger partial charge in [-0.05, 0) is 31.7 Å². The van der Waals surface area contributed by atoms with Crippen LogP contribution in [0, 0.1) is 5.92 Å². The third-order valence-corrected chi connectivity index (χ3v) is 2.04. The zero-order chi connectivity index (χ0) is 8.53. The van der Waals surface area contributed by atoms with Gasteiger partial charge in [0.05, 0.1) is 0 Å². The SMILES string of the molecule is CCCCC(CO)CCCN. The minimum absolute atomic E-state index is 0.333. The molecule has 11 heavy (non-hydrogen) atoms. The lowest BCUT2D eigenvalue weighted by molar-refractivity contribution is 0.206. The van der Waals surface area contributed by atoms with Crippen molar-refractivity contribution in [1.29, 1.82) is 0 Å². The second kappa shape index (κ2) is 8.02. The summed E-state index contributed by atoms with van der Waals surface area (Å²) in [5, 5.41) is 8.94. The van der Waals surface area contributed by atoms with Crippen LogP contribution in [0.4, 0.5) is 0 Å². The summed E-state index contributed by atoms with van der Waals surface area (Å²) in [5.74, 6) is 0.499. The Hall–Kier alpha value is -0.0800. The molecule has 0 aromatic carbocycles. The number of unbranched alkanes of at least 4 members (excludes halogenated alkanes) is 1. The molecule has 0 rings (SSSR count). The van der Waals surface area contributed by atoms with Crippen LogP contribution in [0.1, 0.15) is 39.0 Å². The molecular weight excluding hydrogens is 138 g/mol. The van der Waals surface area contributed by atoms with E-state index in [1.165, 1.54) is 12.8 Å². The van der Waals surface area contributed by atoms with Crippen LogP contribution in [-0.4, -0.2) is 18.3 Å². The molecule has 0 heterocycles. The van der Waals surface area contributed by atoms with Gasteiger partial charge in [-0.1, -0.05) is 19.8 Å². The molecule has 0 aromatic rings. The Balaban J connectivity index is 3.25. The van der Waals surface area contributed by atoms with Gasteiger partial charge < -0.3 is 10.8 Å². The first kappa shape index (κ1) is 10.9. The first-order chi connectivity index (χ1) is 5.35. The molecule has 3 N–H and O–H groups in total. The maximum Gasteiger partial charge on any atom is 0.0459 e. The summed E-state index contributed by atoms with van der Waals surface area (Å²) >= 11 is 0. The van der Waals surface area contributed by atoms with E-state index in [2.05, 4.69) is 6.92 Å². The smallest absolute Gasteiger partial charge is 0.0459 e. The van der Waals surface area contributed by atoms with Crippen LogP contribution in [-0.2, 0) is 0 Å². The van der Waals surface area contributed by atoms with E-state index in [0.717, 1.165) is 25.8 Å². The Morgan fingerprint density at radius 2 is 1.91 bits per heavy atom. The van der Waals surface area contributed by atoms with Gasteiger partial charge >= 0.3 is 0 Å². The van der Waals surface area contributed by atoms with Crippen LogP contribution in [0.25, 0.3) is 0 Å². The summed E-state index contributed by atoms with van der Waals surface area (Å²) in [6.07, 6.45) is 5.75. The second-order valence-corrected chi connectivity index (χ2v) is 3.12. The van der Waals surface area contributed by atoms with Gasteiger partial charge in [0.2, 0.25) is 0 Å². The van der Waals surface area contributed by atoms with E-state index >= 15 is 0 Å². The highest BCUT2D eigenvalue weighted by Crippen LogP contribution is 2.13. The summed E-state index contributed by atoms with van der Waals surface area (Å²) in [7, 11) is 0. The molecule has 0 saturated heterocycles. The second-order valence-electron chi connectivity index (χ2n) is 3.12. The van der Waals surface area contributed by atoms with Crippen molar-refractivity contribution in [2.75, 3.05) is 13.2 Å². The molecule has 2 heteroatoms. The van der Waals surface area contributed by atoms with Crippen LogP contribution in [0.3, 0.4) is 0 Å². The van der Waals surface area contributed by atoms with Crippen LogP contribution < -0.4 is 5.73 Å². The number of hydrogen-bond acceptors (Lipinski definition) is 2. The maximum atomic E-state index is 8.94. The van der Waals surface area contributed by atoms with Crippen molar-refractivity contribution in [3.63, 3.8) is 0 Å². The Kier molecular flexibility index (Phi) is 7.96. The highest BCUT2D eigenvalue weighted by molar-refractivity contribution is 4.57. The number of aliphatic hydroxyl groups is 1. The number of rotatable bonds is 7. The fourth-order valence-electron chi connectivity index (χ4n) is 1.23. The summed E-state index contributed by atoms with van der Waals surface area (Å²) in [4.78, 5) is 0. The zero-order valence-corrected chi connectivity index (χ0v) is 7.55. The minimum atomic E-state index is 0.333. The normalized spacial score (nSPS) is 13.4. The number of nitrogens with two attached hydrogens (primary N) is 1. The van der Waals surface area contributed by atoms with Gasteiger partial charge in [-0.25, -0.2) is 0 Å². The van der Waals surface area contributed by atoms with Gasteiger partial charge in [0.25, 0.3) is 0 Å². The van der Waals surface area contributed by atoms with E-state index in [4.69, 9.17) is 10.8 Å². The van der Waals surface area contributed by atoms with Crippen molar-refractivity contribution < 1.29 is 5.11 Å². The molecule has 0 amide bonds. The molecule has 1 atom stereocenters. The molecule has 0 spiro atoms. The third-order valence-electron chi connectivity index (χ3n) is 2.04. The van der Waals surface area contributed by atoms with E-state index < -0.39 is 0 Å². The Labute approximate surface area is 69.8 Å². The van der Waals surface area contributed by atoms with Crippen molar-refractivity contribution in [1.82, 2.24) is 0 Å². The van der Waals surface area contributed by atoms with E-state index in [1.807, 2.05) is 0 Å². The third kappa shape index (κ3) is 6.32. The lowest BCUT2D eigenvalue weighted by Crippen LogP contribution is -2.09. The molecule has 0 aliphatic rings. The van der Waals surface area contributed by atoms with Crippen LogP contribution in [0.15, 0.2) is 0 Å². The molecule has 0 fully saturated rings. The number of aliphatic hydroxyl groups excluding tert-OH is 1. The predicted octanol–water partition coefficient (Wildman–Crippen LogP) is 1.52. The molecule has 68 valence electrons. The average Bonchev–Trinajstić information content (AvgIpc) is 2.05. The first-order valence-corrected chi connectivity index (χ1v) is 4.66. The molecule has 2 nitrogen and oxygen atoms in total. The van der Waals surface area contributed by atoms with Crippen molar-refractivity contribution in [2.45, 2.75) is 39.0 Å². The van der Waals surface area contributed by atoms with Crippen LogP contribution >= 0.6 is 0 Å². The summed E-state index contributed by atoms with van der Waals surface area (Å²) < 4.78 is 0. The quantitative estimate of drug-likeness (QED) is 0.591. The van der Waals surface area contributed by atoms with E-state index in [-0.39, 0.29) is 0 Å². The molecule has 1 unspecified atom stereocenters. The highest BCUT2D eigenvalue weighted by atomic mass is 16.3. The van der Waals surface area contributed by atoms with Crippen molar-refractivity contribution in [2.24, 2.45) is 11.7 Å². The van der Waals surface area contributed by atoms with Gasteiger partial charge in [-0.2, -0.15) is 0 Å². The van der Waals surface area contributed by atoms with Gasteiger partial charge in [-0.3, -0.25) is 0 Å². The zero-order valence-electron chi connectivity index (χ0n) is 7.55. The molecule has 0 aromatic heterocycles. The average molecular weight is 159 g/mol. The van der Waals surface area contributed by atoms with E-state index in [1.54, 1.807) is 0 Å². The Bertz CT molecular complexity index is 68.0. The topological polar surface area (TPSA) is 46.2 Å². The van der Waals surface area contributed by atoms with Gasteiger partial charge in [-0.15, -0.1) is 0 Å². The fraction of sp³-hybridized carbons (Fsp3) is 1.00. The Morgan fingerprint density at radius 1 is 1.27 bits per heavy atom. The largest absolute Gasteiger partial charge is 0.396 e. The molecule has 0 aliphatic heterocycles. The summed E-state index contributed by atoms with van der Waals surface area (Å²) in [5.41, 5.74) is 5.38. The van der Waals surface area contributed by atoms with Crippen molar-refractivity contribution >= 4 is 0 Å². The highest BCUT2D eigenvalue weighted by Gasteiger charge is 2.04. The lowest BCUT2D eigenvalue weighted by Gasteiger charge is -2.11. The van der Waals surface area contributed by atoms with Crippen LogP contribution in [0.2, 0.25) is 0 Å². The fourth-order valence-corrected chi connectivity index (χ4v) is 1.23. The molecule has 0 aliphatic carbocycles. The van der Waals surface area contributed by atoms with E-state index in [9.17, 15) is 0 Å². The standard InChI is InChI=1S/C9H21NO/c1-2-3-5-9(8-11)6-4-7-10/h9,11H,2-8,10H2,1H3. The van der Waals surface area contributed by atoms with Crippen molar-refractivity contribution in [3.05, 3.63) is 0 Å². The van der Waals surface area contributed by atoms with Gasteiger partial charge in [0, 0.05) is 6.61 Å². The molecular formula is C9H21NO.